The standard InChI is InChI=1S/C14H20BrNO2S/c1-19-9-5-3-2-4-8-16-13-10-11(15)6-7-12(13)14(17)18/h6-7,10,16H,2-5,8-9H2,1H3,(H,17,18). The van der Waals surface area contributed by atoms with E-state index in [4.69, 9.17) is 5.11 Å². The van der Waals surface area contributed by atoms with E-state index in [0.29, 0.717) is 11.3 Å². The number of anilines is 1. The predicted octanol–water partition coefficient (Wildman–Crippen LogP) is 4.48. The average molecular weight is 346 g/mol. The third-order valence-electron chi connectivity index (χ3n) is 2.80. The molecule has 3 nitrogen and oxygen atoms in total. The second kappa shape index (κ2) is 9.26. The van der Waals surface area contributed by atoms with Crippen LogP contribution in [0.2, 0.25) is 0 Å². The number of unbranched alkanes of at least 4 members (excludes halogenated alkanes) is 3. The SMILES string of the molecule is CSCCCCCCNc1cc(Br)ccc1C(=O)O. The van der Waals surface area contributed by atoms with Crippen molar-refractivity contribution in [2.45, 2.75) is 25.7 Å². The Morgan fingerprint density at radius 3 is 2.74 bits per heavy atom. The molecule has 0 atom stereocenters. The van der Waals surface area contributed by atoms with Crippen LogP contribution in [0, 0.1) is 0 Å². The quantitative estimate of drug-likeness (QED) is 0.647. The number of halogens is 1. The molecule has 0 amide bonds. The van der Waals surface area contributed by atoms with Crippen molar-refractivity contribution in [1.29, 1.82) is 0 Å². The molecule has 106 valence electrons. The van der Waals surface area contributed by atoms with Gasteiger partial charge in [-0.25, -0.2) is 4.79 Å². The summed E-state index contributed by atoms with van der Waals surface area (Å²) in [7, 11) is 0. The molecule has 1 aromatic carbocycles. The van der Waals surface area contributed by atoms with Crippen molar-refractivity contribution in [2.24, 2.45) is 0 Å². The van der Waals surface area contributed by atoms with Crippen molar-refractivity contribution >= 4 is 39.3 Å². The lowest BCUT2D eigenvalue weighted by Crippen LogP contribution is -2.07. The van der Waals surface area contributed by atoms with Gasteiger partial charge in [0.05, 0.1) is 5.56 Å². The maximum atomic E-state index is 11.1. The highest BCUT2D eigenvalue weighted by Gasteiger charge is 2.09. The van der Waals surface area contributed by atoms with Crippen LogP contribution in [0.1, 0.15) is 36.0 Å². The van der Waals surface area contributed by atoms with Gasteiger partial charge < -0.3 is 10.4 Å². The van der Waals surface area contributed by atoms with Crippen molar-refractivity contribution in [1.82, 2.24) is 0 Å². The zero-order valence-electron chi connectivity index (χ0n) is 11.1. The van der Waals surface area contributed by atoms with Crippen LogP contribution in [-0.4, -0.2) is 29.6 Å². The Balaban J connectivity index is 2.36. The van der Waals surface area contributed by atoms with Gasteiger partial charge in [-0.3, -0.25) is 0 Å². The van der Waals surface area contributed by atoms with E-state index in [-0.39, 0.29) is 0 Å². The molecule has 0 heterocycles. The Morgan fingerprint density at radius 1 is 1.32 bits per heavy atom. The largest absolute Gasteiger partial charge is 0.478 e. The van der Waals surface area contributed by atoms with E-state index < -0.39 is 5.97 Å². The molecule has 1 aromatic rings. The van der Waals surface area contributed by atoms with Gasteiger partial charge in [0.2, 0.25) is 0 Å². The van der Waals surface area contributed by atoms with E-state index in [1.165, 1.54) is 25.0 Å². The normalized spacial score (nSPS) is 10.4. The van der Waals surface area contributed by atoms with Gasteiger partial charge in [0.25, 0.3) is 0 Å². The molecule has 2 N–H and O–H groups in total. The van der Waals surface area contributed by atoms with E-state index in [2.05, 4.69) is 27.5 Å². The number of hydrogen-bond donors (Lipinski definition) is 2. The second-order valence-electron chi connectivity index (χ2n) is 4.33. The first-order valence-electron chi connectivity index (χ1n) is 6.41. The zero-order chi connectivity index (χ0) is 14.1. The van der Waals surface area contributed by atoms with Gasteiger partial charge in [0.15, 0.2) is 0 Å². The summed E-state index contributed by atoms with van der Waals surface area (Å²) in [5, 5.41) is 12.3. The van der Waals surface area contributed by atoms with Gasteiger partial charge in [-0.2, -0.15) is 11.8 Å². The van der Waals surface area contributed by atoms with E-state index in [1.54, 1.807) is 12.1 Å². The predicted molar refractivity (Wildman–Crippen MR) is 86.4 cm³/mol. The van der Waals surface area contributed by atoms with E-state index in [1.807, 2.05) is 17.8 Å². The van der Waals surface area contributed by atoms with Crippen molar-refractivity contribution < 1.29 is 9.90 Å². The zero-order valence-corrected chi connectivity index (χ0v) is 13.5. The first-order chi connectivity index (χ1) is 9.15. The third kappa shape index (κ3) is 6.34. The van der Waals surface area contributed by atoms with Crippen molar-refractivity contribution in [3.05, 3.63) is 28.2 Å². The first kappa shape index (κ1) is 16.4. The number of rotatable bonds is 9. The fraction of sp³-hybridized carbons (Fsp3) is 0.500. The minimum atomic E-state index is -0.894. The van der Waals surface area contributed by atoms with Crippen LogP contribution in [0.25, 0.3) is 0 Å². The molecule has 0 saturated heterocycles. The topological polar surface area (TPSA) is 49.3 Å². The smallest absolute Gasteiger partial charge is 0.337 e. The Bertz CT molecular complexity index is 412. The maximum absolute atomic E-state index is 11.1. The summed E-state index contributed by atoms with van der Waals surface area (Å²) < 4.78 is 0.889. The lowest BCUT2D eigenvalue weighted by Gasteiger charge is -2.10. The minimum absolute atomic E-state index is 0.325. The first-order valence-corrected chi connectivity index (χ1v) is 8.59. The van der Waals surface area contributed by atoms with Crippen LogP contribution in [0.3, 0.4) is 0 Å². The second-order valence-corrected chi connectivity index (χ2v) is 6.23. The molecule has 0 aromatic heterocycles. The van der Waals surface area contributed by atoms with Crippen molar-refractivity contribution in [3.63, 3.8) is 0 Å². The highest BCUT2D eigenvalue weighted by Crippen LogP contribution is 2.21. The average Bonchev–Trinajstić information content (AvgIpc) is 2.37. The van der Waals surface area contributed by atoms with Crippen LogP contribution >= 0.6 is 27.7 Å². The molecule has 0 saturated carbocycles. The number of aromatic carboxylic acids is 1. The fourth-order valence-electron chi connectivity index (χ4n) is 1.80. The van der Waals surface area contributed by atoms with Gasteiger partial charge >= 0.3 is 5.97 Å². The molecule has 0 spiro atoms. The maximum Gasteiger partial charge on any atom is 0.337 e. The summed E-state index contributed by atoms with van der Waals surface area (Å²) in [6, 6.07) is 5.18. The van der Waals surface area contributed by atoms with Gasteiger partial charge in [-0.05, 0) is 43.0 Å². The number of nitrogens with one attached hydrogen (secondary N) is 1. The molecular weight excluding hydrogens is 326 g/mol. The van der Waals surface area contributed by atoms with Crippen LogP contribution in [0.5, 0.6) is 0 Å². The summed E-state index contributed by atoms with van der Waals surface area (Å²) >= 11 is 5.24. The fourth-order valence-corrected chi connectivity index (χ4v) is 2.65. The van der Waals surface area contributed by atoms with Gasteiger partial charge in [-0.1, -0.05) is 28.8 Å². The van der Waals surface area contributed by atoms with E-state index in [9.17, 15) is 4.79 Å². The summed E-state index contributed by atoms with van der Waals surface area (Å²) in [6.45, 7) is 0.815. The Hall–Kier alpha value is -0.680. The molecule has 1 rings (SSSR count). The van der Waals surface area contributed by atoms with E-state index in [0.717, 1.165) is 17.4 Å². The summed E-state index contributed by atoms with van der Waals surface area (Å²) in [6.07, 6.45) is 6.89. The molecule has 0 fully saturated rings. The van der Waals surface area contributed by atoms with Crippen LogP contribution in [0.15, 0.2) is 22.7 Å². The Morgan fingerprint density at radius 2 is 2.05 bits per heavy atom. The molecule has 0 aliphatic heterocycles. The highest BCUT2D eigenvalue weighted by molar-refractivity contribution is 9.10. The van der Waals surface area contributed by atoms with E-state index >= 15 is 0 Å². The number of carboxylic acids is 1. The molecule has 19 heavy (non-hydrogen) atoms. The molecule has 0 unspecified atom stereocenters. The van der Waals surface area contributed by atoms with Gasteiger partial charge in [0.1, 0.15) is 0 Å². The highest BCUT2D eigenvalue weighted by atomic mass is 79.9. The minimum Gasteiger partial charge on any atom is -0.478 e. The van der Waals surface area contributed by atoms with Crippen LogP contribution in [-0.2, 0) is 0 Å². The Labute approximate surface area is 127 Å². The van der Waals surface area contributed by atoms with Crippen molar-refractivity contribution in [3.8, 4) is 0 Å². The molecular formula is C14H20BrNO2S. The molecule has 5 heteroatoms. The van der Waals surface area contributed by atoms with Crippen molar-refractivity contribution in [2.75, 3.05) is 23.9 Å². The summed E-state index contributed by atoms with van der Waals surface area (Å²) in [4.78, 5) is 11.1. The lowest BCUT2D eigenvalue weighted by atomic mass is 10.1. The molecule has 0 aliphatic rings. The summed E-state index contributed by atoms with van der Waals surface area (Å²) in [5.41, 5.74) is 1.01. The van der Waals surface area contributed by atoms with Crippen LogP contribution in [0.4, 0.5) is 5.69 Å². The number of carbonyl (C=O) groups is 1. The lowest BCUT2D eigenvalue weighted by molar-refractivity contribution is 0.0698. The Kier molecular flexibility index (Phi) is 7.98. The third-order valence-corrected chi connectivity index (χ3v) is 3.99. The van der Waals surface area contributed by atoms with Gasteiger partial charge in [-0.15, -0.1) is 0 Å². The molecule has 0 aliphatic carbocycles. The molecule has 0 radical (unpaired) electrons. The van der Waals surface area contributed by atoms with Gasteiger partial charge in [0, 0.05) is 16.7 Å². The molecule has 0 bridgehead atoms. The monoisotopic (exact) mass is 345 g/mol. The number of thioether (sulfide) groups is 1. The number of hydrogen-bond acceptors (Lipinski definition) is 3. The van der Waals surface area contributed by atoms with Crippen LogP contribution < -0.4 is 5.32 Å². The number of benzene rings is 1. The summed E-state index contributed by atoms with van der Waals surface area (Å²) in [5.74, 6) is 0.331. The number of carboxylic acid groups (broad SMARTS) is 1.